The van der Waals surface area contributed by atoms with Gasteiger partial charge in [-0.15, -0.1) is 0 Å². The minimum atomic E-state index is -3.82. The SMILES string of the molecule is COC(=O)[C@@H]1C[C@H]2CCCC[C@@H]2N1C(=O)c1ccc(OC)c(S(=O)(=O)N2CCCCCC2)c1. The number of ether oxygens (including phenoxy) is 2. The van der Waals surface area contributed by atoms with Gasteiger partial charge in [-0.05, 0) is 56.2 Å². The van der Waals surface area contributed by atoms with Gasteiger partial charge in [-0.2, -0.15) is 4.31 Å². The zero-order chi connectivity index (χ0) is 23.6. The molecule has 0 spiro atoms. The molecule has 182 valence electrons. The van der Waals surface area contributed by atoms with Crippen molar-refractivity contribution in [2.75, 3.05) is 27.3 Å². The molecule has 0 unspecified atom stereocenters. The van der Waals surface area contributed by atoms with Gasteiger partial charge in [0.2, 0.25) is 10.0 Å². The number of carbonyl (C=O) groups is 2. The number of fused-ring (bicyclic) bond motifs is 1. The number of nitrogens with zero attached hydrogens (tertiary/aromatic N) is 2. The number of hydrogen-bond donors (Lipinski definition) is 0. The van der Waals surface area contributed by atoms with Crippen LogP contribution in [-0.2, 0) is 19.6 Å². The van der Waals surface area contributed by atoms with Crippen molar-refractivity contribution >= 4 is 21.9 Å². The van der Waals surface area contributed by atoms with Crippen LogP contribution in [0.5, 0.6) is 5.75 Å². The number of sulfonamides is 1. The van der Waals surface area contributed by atoms with Crippen molar-refractivity contribution in [2.24, 2.45) is 5.92 Å². The van der Waals surface area contributed by atoms with Gasteiger partial charge in [0.05, 0.1) is 14.2 Å². The molecule has 1 saturated carbocycles. The van der Waals surface area contributed by atoms with Gasteiger partial charge < -0.3 is 14.4 Å². The van der Waals surface area contributed by atoms with Crippen molar-refractivity contribution in [1.29, 1.82) is 0 Å². The molecule has 3 atom stereocenters. The summed E-state index contributed by atoms with van der Waals surface area (Å²) >= 11 is 0. The Morgan fingerprint density at radius 3 is 2.33 bits per heavy atom. The number of hydrogen-bond acceptors (Lipinski definition) is 6. The predicted octanol–water partition coefficient (Wildman–Crippen LogP) is 3.21. The summed E-state index contributed by atoms with van der Waals surface area (Å²) < 4.78 is 38.9. The monoisotopic (exact) mass is 478 g/mol. The summed E-state index contributed by atoms with van der Waals surface area (Å²) in [7, 11) is -1.05. The van der Waals surface area contributed by atoms with Crippen molar-refractivity contribution in [2.45, 2.75) is 74.8 Å². The highest BCUT2D eigenvalue weighted by Crippen LogP contribution is 2.41. The normalized spacial score (nSPS) is 26.4. The first kappa shape index (κ1) is 24.0. The minimum absolute atomic E-state index is 0.00626. The summed E-state index contributed by atoms with van der Waals surface area (Å²) in [5.41, 5.74) is 0.254. The molecule has 2 saturated heterocycles. The molecule has 4 rings (SSSR count). The molecule has 3 aliphatic rings. The van der Waals surface area contributed by atoms with E-state index in [0.29, 0.717) is 19.5 Å². The summed E-state index contributed by atoms with van der Waals surface area (Å²) in [5.74, 6) is -0.249. The lowest BCUT2D eigenvalue weighted by molar-refractivity contribution is -0.145. The van der Waals surface area contributed by atoms with Gasteiger partial charge in [-0.1, -0.05) is 25.7 Å². The number of esters is 1. The molecule has 0 radical (unpaired) electrons. The minimum Gasteiger partial charge on any atom is -0.495 e. The fourth-order valence-electron chi connectivity index (χ4n) is 5.68. The van der Waals surface area contributed by atoms with E-state index in [1.165, 1.54) is 24.6 Å². The molecular weight excluding hydrogens is 444 g/mol. The van der Waals surface area contributed by atoms with Crippen LogP contribution in [0, 0.1) is 5.92 Å². The molecule has 8 nitrogen and oxygen atoms in total. The van der Waals surface area contributed by atoms with Crippen LogP contribution in [0.25, 0.3) is 0 Å². The Balaban J connectivity index is 1.70. The van der Waals surface area contributed by atoms with Gasteiger partial charge >= 0.3 is 5.97 Å². The highest BCUT2D eigenvalue weighted by molar-refractivity contribution is 7.89. The van der Waals surface area contributed by atoms with Crippen LogP contribution in [0.15, 0.2) is 23.1 Å². The number of benzene rings is 1. The highest BCUT2D eigenvalue weighted by Gasteiger charge is 2.48. The fourth-order valence-corrected chi connectivity index (χ4v) is 7.38. The molecule has 1 aromatic rings. The number of carbonyl (C=O) groups excluding carboxylic acids is 2. The first-order chi connectivity index (χ1) is 15.9. The highest BCUT2D eigenvalue weighted by atomic mass is 32.2. The standard InChI is InChI=1S/C24H34N2O6S/c1-31-21-12-11-18(16-22(21)33(29,30)25-13-7-3-4-8-14-25)23(27)26-19-10-6-5-9-17(19)15-20(26)24(28)32-2/h11-12,16-17,19-20H,3-10,13-15H2,1-2H3/t17-,19+,20+/m1/s1. The van der Waals surface area contributed by atoms with Crippen molar-refractivity contribution < 1.29 is 27.5 Å². The van der Waals surface area contributed by atoms with Gasteiger partial charge in [0.15, 0.2) is 0 Å². The number of amides is 1. The Morgan fingerprint density at radius 1 is 0.970 bits per heavy atom. The van der Waals surface area contributed by atoms with E-state index in [2.05, 4.69) is 0 Å². The smallest absolute Gasteiger partial charge is 0.328 e. The number of methoxy groups -OCH3 is 2. The van der Waals surface area contributed by atoms with Gasteiger partial charge in [0.25, 0.3) is 5.91 Å². The predicted molar refractivity (Wildman–Crippen MR) is 123 cm³/mol. The first-order valence-corrected chi connectivity index (χ1v) is 13.4. The van der Waals surface area contributed by atoms with Gasteiger partial charge in [0.1, 0.15) is 16.7 Å². The van der Waals surface area contributed by atoms with E-state index in [1.807, 2.05) is 0 Å². The van der Waals surface area contributed by atoms with Gasteiger partial charge in [-0.25, -0.2) is 13.2 Å². The maximum absolute atomic E-state index is 13.7. The second kappa shape index (κ2) is 10.0. The van der Waals surface area contributed by atoms with E-state index >= 15 is 0 Å². The Labute approximate surface area is 196 Å². The van der Waals surface area contributed by atoms with Gasteiger partial charge in [-0.3, -0.25) is 4.79 Å². The first-order valence-electron chi connectivity index (χ1n) is 12.0. The lowest BCUT2D eigenvalue weighted by Crippen LogP contribution is -2.46. The number of likely N-dealkylation sites (tertiary alicyclic amines) is 1. The van der Waals surface area contributed by atoms with E-state index in [1.54, 1.807) is 17.0 Å². The molecule has 0 aromatic heterocycles. The topological polar surface area (TPSA) is 93.2 Å². The van der Waals surface area contributed by atoms with E-state index < -0.39 is 22.0 Å². The summed E-state index contributed by atoms with van der Waals surface area (Å²) in [6.07, 6.45) is 8.18. The maximum atomic E-state index is 13.7. The lowest BCUT2D eigenvalue weighted by Gasteiger charge is -2.33. The number of rotatable bonds is 5. The second-order valence-corrected chi connectivity index (χ2v) is 11.2. The maximum Gasteiger partial charge on any atom is 0.328 e. The molecule has 1 amide bonds. The molecule has 33 heavy (non-hydrogen) atoms. The Bertz CT molecular complexity index is 987. The molecule has 0 N–H and O–H groups in total. The quantitative estimate of drug-likeness (QED) is 0.604. The molecule has 3 fully saturated rings. The third-order valence-electron chi connectivity index (χ3n) is 7.39. The molecule has 1 aromatic carbocycles. The molecule has 2 heterocycles. The third-order valence-corrected chi connectivity index (χ3v) is 9.31. The molecule has 0 bridgehead atoms. The Morgan fingerprint density at radius 2 is 1.67 bits per heavy atom. The fraction of sp³-hybridized carbons (Fsp3) is 0.667. The van der Waals surface area contributed by atoms with Crippen LogP contribution in [0.2, 0.25) is 0 Å². The second-order valence-electron chi connectivity index (χ2n) is 9.28. The Hall–Kier alpha value is -2.13. The third kappa shape index (κ3) is 4.62. The van der Waals surface area contributed by atoms with E-state index in [0.717, 1.165) is 51.4 Å². The van der Waals surface area contributed by atoms with Crippen molar-refractivity contribution in [3.63, 3.8) is 0 Å². The van der Waals surface area contributed by atoms with Crippen LogP contribution in [0.3, 0.4) is 0 Å². The molecular formula is C24H34N2O6S. The largest absolute Gasteiger partial charge is 0.495 e. The molecule has 2 aliphatic heterocycles. The molecule has 9 heteroatoms. The van der Waals surface area contributed by atoms with Crippen LogP contribution in [0.1, 0.15) is 68.1 Å². The van der Waals surface area contributed by atoms with Gasteiger partial charge in [0, 0.05) is 24.7 Å². The van der Waals surface area contributed by atoms with Crippen LogP contribution < -0.4 is 4.74 Å². The molecule has 1 aliphatic carbocycles. The lowest BCUT2D eigenvalue weighted by atomic mass is 9.84. The van der Waals surface area contributed by atoms with E-state index in [4.69, 9.17) is 9.47 Å². The van der Waals surface area contributed by atoms with Crippen molar-refractivity contribution in [1.82, 2.24) is 9.21 Å². The average molecular weight is 479 g/mol. The Kier molecular flexibility index (Phi) is 7.28. The summed E-state index contributed by atoms with van der Waals surface area (Å²) in [6.45, 7) is 0.925. The van der Waals surface area contributed by atoms with Crippen molar-refractivity contribution in [3.05, 3.63) is 23.8 Å². The van der Waals surface area contributed by atoms with Crippen molar-refractivity contribution in [3.8, 4) is 5.75 Å². The summed E-state index contributed by atoms with van der Waals surface area (Å²) in [4.78, 5) is 27.9. The van der Waals surface area contributed by atoms with Crippen LogP contribution in [-0.4, -0.2) is 68.9 Å². The summed E-state index contributed by atoms with van der Waals surface area (Å²) in [6, 6.07) is 3.89. The van der Waals surface area contributed by atoms with E-state index in [-0.39, 0.29) is 34.1 Å². The zero-order valence-electron chi connectivity index (χ0n) is 19.5. The van der Waals surface area contributed by atoms with E-state index in [9.17, 15) is 18.0 Å². The average Bonchev–Trinajstić information content (AvgIpc) is 3.00. The zero-order valence-corrected chi connectivity index (χ0v) is 20.3. The van der Waals surface area contributed by atoms with Crippen LogP contribution >= 0.6 is 0 Å². The van der Waals surface area contributed by atoms with Crippen LogP contribution in [0.4, 0.5) is 0 Å². The summed E-state index contributed by atoms with van der Waals surface area (Å²) in [5, 5.41) is 0.